The number of carbonyl (C=O) groups is 2. The number of morpholine rings is 1. The largest absolute Gasteiger partial charge is 0.481 e. The number of carboxylic acids is 1. The van der Waals surface area contributed by atoms with E-state index in [1.54, 1.807) is 4.90 Å². The van der Waals surface area contributed by atoms with Crippen molar-refractivity contribution in [2.24, 2.45) is 5.92 Å². The number of nitrogens with one attached hydrogen (secondary N) is 1. The van der Waals surface area contributed by atoms with Gasteiger partial charge in [-0.05, 0) is 25.2 Å². The van der Waals surface area contributed by atoms with Gasteiger partial charge in [0, 0.05) is 32.8 Å². The molecule has 0 aromatic rings. The van der Waals surface area contributed by atoms with Gasteiger partial charge in [-0.1, -0.05) is 0 Å². The molecule has 1 atom stereocenters. The molecule has 2 aliphatic rings. The second-order valence-corrected chi connectivity index (χ2v) is 5.64. The maximum absolute atomic E-state index is 12.0. The molecule has 1 aliphatic heterocycles. The van der Waals surface area contributed by atoms with Crippen molar-refractivity contribution in [3.63, 3.8) is 0 Å². The number of ether oxygens (including phenoxy) is 2. The number of carbonyl (C=O) groups excluding carboxylic acids is 1. The van der Waals surface area contributed by atoms with Crippen LogP contribution in [0.1, 0.15) is 25.7 Å². The molecule has 1 saturated heterocycles. The van der Waals surface area contributed by atoms with Crippen LogP contribution in [0.25, 0.3) is 0 Å². The average Bonchev–Trinajstić information content (AvgIpc) is 3.26. The molecule has 21 heavy (non-hydrogen) atoms. The van der Waals surface area contributed by atoms with Gasteiger partial charge >= 0.3 is 12.0 Å². The number of carboxylic acid groups (broad SMARTS) is 1. The molecule has 2 fully saturated rings. The zero-order valence-electron chi connectivity index (χ0n) is 12.3. The first-order valence-corrected chi connectivity index (χ1v) is 7.59. The maximum Gasteiger partial charge on any atom is 0.317 e. The van der Waals surface area contributed by atoms with Crippen LogP contribution in [0.5, 0.6) is 0 Å². The first-order chi connectivity index (χ1) is 10.1. The van der Waals surface area contributed by atoms with Crippen molar-refractivity contribution >= 4 is 12.0 Å². The quantitative estimate of drug-likeness (QED) is 0.644. The Morgan fingerprint density at radius 3 is 2.90 bits per heavy atom. The summed E-state index contributed by atoms with van der Waals surface area (Å²) in [6.07, 6.45) is 2.88. The summed E-state index contributed by atoms with van der Waals surface area (Å²) in [5.41, 5.74) is 0. The lowest BCUT2D eigenvalue weighted by Crippen LogP contribution is -2.50. The third kappa shape index (κ3) is 6.31. The van der Waals surface area contributed by atoms with Crippen LogP contribution in [-0.2, 0) is 14.3 Å². The summed E-state index contributed by atoms with van der Waals surface area (Å²) < 4.78 is 10.8. The van der Waals surface area contributed by atoms with Crippen molar-refractivity contribution in [2.45, 2.75) is 31.8 Å². The lowest BCUT2D eigenvalue weighted by atomic mass is 10.2. The van der Waals surface area contributed by atoms with E-state index in [0.29, 0.717) is 32.8 Å². The fraction of sp³-hybridized carbons (Fsp3) is 0.857. The molecular weight excluding hydrogens is 276 g/mol. The van der Waals surface area contributed by atoms with Crippen molar-refractivity contribution in [3.05, 3.63) is 0 Å². The molecule has 7 nitrogen and oxygen atoms in total. The van der Waals surface area contributed by atoms with Crippen LogP contribution in [0.3, 0.4) is 0 Å². The SMILES string of the molecule is O=C(O)CC1CN(C(=O)NCCCOCC2CC2)CCO1. The Hall–Kier alpha value is -1.34. The zero-order valence-corrected chi connectivity index (χ0v) is 12.3. The Balaban J connectivity index is 1.55. The van der Waals surface area contributed by atoms with E-state index in [0.717, 1.165) is 18.9 Å². The average molecular weight is 300 g/mol. The molecule has 1 aliphatic carbocycles. The van der Waals surface area contributed by atoms with E-state index in [9.17, 15) is 9.59 Å². The van der Waals surface area contributed by atoms with Crippen LogP contribution in [0.15, 0.2) is 0 Å². The molecule has 1 heterocycles. The summed E-state index contributed by atoms with van der Waals surface area (Å²) >= 11 is 0. The highest BCUT2D eigenvalue weighted by Gasteiger charge is 2.25. The molecular formula is C14H24N2O5. The molecule has 0 spiro atoms. The highest BCUT2D eigenvalue weighted by atomic mass is 16.5. The van der Waals surface area contributed by atoms with Crippen LogP contribution in [0.4, 0.5) is 4.79 Å². The molecule has 0 aromatic carbocycles. The molecule has 2 amide bonds. The van der Waals surface area contributed by atoms with Crippen molar-refractivity contribution in [2.75, 3.05) is 39.5 Å². The van der Waals surface area contributed by atoms with Crippen LogP contribution in [-0.4, -0.2) is 67.6 Å². The van der Waals surface area contributed by atoms with Gasteiger partial charge < -0.3 is 24.8 Å². The Morgan fingerprint density at radius 2 is 2.19 bits per heavy atom. The fourth-order valence-electron chi connectivity index (χ4n) is 2.24. The minimum atomic E-state index is -0.907. The number of urea groups is 1. The van der Waals surface area contributed by atoms with Gasteiger partial charge in [0.25, 0.3) is 0 Å². The number of aliphatic carboxylic acids is 1. The molecule has 7 heteroatoms. The third-order valence-electron chi connectivity index (χ3n) is 3.62. The zero-order chi connectivity index (χ0) is 15.1. The Labute approximate surface area is 124 Å². The second-order valence-electron chi connectivity index (χ2n) is 5.64. The van der Waals surface area contributed by atoms with Gasteiger partial charge in [-0.15, -0.1) is 0 Å². The molecule has 2 N–H and O–H groups in total. The van der Waals surface area contributed by atoms with Crippen molar-refractivity contribution in [1.82, 2.24) is 10.2 Å². The monoisotopic (exact) mass is 300 g/mol. The third-order valence-corrected chi connectivity index (χ3v) is 3.62. The van der Waals surface area contributed by atoms with Gasteiger partial charge in [0.05, 0.1) is 19.1 Å². The number of hydrogen-bond donors (Lipinski definition) is 2. The first-order valence-electron chi connectivity index (χ1n) is 7.59. The van der Waals surface area contributed by atoms with Gasteiger partial charge in [0.2, 0.25) is 0 Å². The van der Waals surface area contributed by atoms with Gasteiger partial charge in [0.1, 0.15) is 0 Å². The number of hydrogen-bond acceptors (Lipinski definition) is 4. The molecule has 0 bridgehead atoms. The molecule has 0 radical (unpaired) electrons. The molecule has 1 unspecified atom stereocenters. The van der Waals surface area contributed by atoms with Crippen LogP contribution in [0.2, 0.25) is 0 Å². The van der Waals surface area contributed by atoms with Crippen LogP contribution in [0, 0.1) is 5.92 Å². The van der Waals surface area contributed by atoms with E-state index in [1.807, 2.05) is 0 Å². The van der Waals surface area contributed by atoms with E-state index in [2.05, 4.69) is 5.32 Å². The summed E-state index contributed by atoms with van der Waals surface area (Å²) in [4.78, 5) is 24.2. The maximum atomic E-state index is 12.0. The normalized spacial score (nSPS) is 22.1. The Bertz CT molecular complexity index is 359. The highest BCUT2D eigenvalue weighted by Crippen LogP contribution is 2.28. The van der Waals surface area contributed by atoms with E-state index >= 15 is 0 Å². The second kappa shape index (κ2) is 8.19. The van der Waals surface area contributed by atoms with Gasteiger partial charge in [-0.3, -0.25) is 4.79 Å². The minimum absolute atomic E-state index is 0.0706. The molecule has 2 rings (SSSR count). The first kappa shape index (κ1) is 16.0. The van der Waals surface area contributed by atoms with Gasteiger partial charge in [-0.2, -0.15) is 0 Å². The summed E-state index contributed by atoms with van der Waals surface area (Å²) in [5, 5.41) is 11.6. The smallest absolute Gasteiger partial charge is 0.317 e. The van der Waals surface area contributed by atoms with E-state index < -0.39 is 12.1 Å². The summed E-state index contributed by atoms with van der Waals surface area (Å²) in [6.45, 7) is 3.30. The highest BCUT2D eigenvalue weighted by molar-refractivity contribution is 5.74. The lowest BCUT2D eigenvalue weighted by molar-refractivity contribution is -0.141. The summed E-state index contributed by atoms with van der Waals surface area (Å²) in [6, 6.07) is -0.157. The number of nitrogens with zero attached hydrogens (tertiary/aromatic N) is 1. The molecule has 120 valence electrons. The number of amides is 2. The van der Waals surface area contributed by atoms with Crippen molar-refractivity contribution in [1.29, 1.82) is 0 Å². The van der Waals surface area contributed by atoms with E-state index in [1.165, 1.54) is 12.8 Å². The van der Waals surface area contributed by atoms with Gasteiger partial charge in [0.15, 0.2) is 0 Å². The topological polar surface area (TPSA) is 88.1 Å². The van der Waals surface area contributed by atoms with E-state index in [-0.39, 0.29) is 12.5 Å². The van der Waals surface area contributed by atoms with Crippen LogP contribution < -0.4 is 5.32 Å². The van der Waals surface area contributed by atoms with Crippen molar-refractivity contribution < 1.29 is 24.2 Å². The minimum Gasteiger partial charge on any atom is -0.481 e. The molecule has 0 aromatic heterocycles. The fourth-order valence-corrected chi connectivity index (χ4v) is 2.24. The van der Waals surface area contributed by atoms with Gasteiger partial charge in [-0.25, -0.2) is 4.79 Å². The summed E-state index contributed by atoms with van der Waals surface area (Å²) in [5.74, 6) is -0.144. The molecule has 1 saturated carbocycles. The van der Waals surface area contributed by atoms with E-state index in [4.69, 9.17) is 14.6 Å². The van der Waals surface area contributed by atoms with Crippen LogP contribution >= 0.6 is 0 Å². The lowest BCUT2D eigenvalue weighted by Gasteiger charge is -2.32. The summed E-state index contributed by atoms with van der Waals surface area (Å²) in [7, 11) is 0. The standard InChI is InChI=1S/C14H24N2O5/c17-13(18)8-12-9-16(5-7-21-12)14(19)15-4-1-6-20-10-11-2-3-11/h11-12H,1-10H2,(H,15,19)(H,17,18). The predicted molar refractivity (Wildman–Crippen MR) is 75.1 cm³/mol. The van der Waals surface area contributed by atoms with Crippen molar-refractivity contribution in [3.8, 4) is 0 Å². The number of rotatable bonds is 8. The Morgan fingerprint density at radius 1 is 1.38 bits per heavy atom. The Kier molecular flexibility index (Phi) is 6.25. The predicted octanol–water partition coefficient (Wildman–Crippen LogP) is 0.688.